The number of aromatic nitrogens is 2. The van der Waals surface area contributed by atoms with Gasteiger partial charge < -0.3 is 10.2 Å². The Labute approximate surface area is 109 Å². The maximum atomic E-state index is 4.86. The van der Waals surface area contributed by atoms with Crippen LogP contribution in [-0.4, -0.2) is 48.6 Å². The molecule has 1 atom stereocenters. The van der Waals surface area contributed by atoms with Gasteiger partial charge in [0.15, 0.2) is 0 Å². The Hall–Kier alpha value is -1.00. The van der Waals surface area contributed by atoms with Crippen LogP contribution in [0.15, 0.2) is 12.3 Å². The number of likely N-dealkylation sites (N-methyl/N-ethyl adjacent to an activating group) is 2. The molecule has 1 N–H and O–H groups in total. The minimum atomic E-state index is 0.231. The monoisotopic (exact) mass is 246 g/mol. The molecular formula is C14H22N4. The molecule has 2 fully saturated rings. The molecule has 4 heteroatoms. The van der Waals surface area contributed by atoms with E-state index >= 15 is 0 Å². The van der Waals surface area contributed by atoms with Gasteiger partial charge in [-0.1, -0.05) is 0 Å². The number of hydrogen-bond acceptors (Lipinski definition) is 4. The predicted molar refractivity (Wildman–Crippen MR) is 71.7 cm³/mol. The molecule has 2 heterocycles. The van der Waals surface area contributed by atoms with Crippen molar-refractivity contribution in [2.45, 2.75) is 30.6 Å². The second-order valence-electron chi connectivity index (χ2n) is 5.86. The van der Waals surface area contributed by atoms with Crippen molar-refractivity contribution in [2.24, 2.45) is 0 Å². The van der Waals surface area contributed by atoms with Crippen molar-refractivity contribution >= 4 is 0 Å². The summed E-state index contributed by atoms with van der Waals surface area (Å²) in [6.07, 6.45) is 5.63. The molecule has 98 valence electrons. The van der Waals surface area contributed by atoms with Gasteiger partial charge in [-0.3, -0.25) is 0 Å². The van der Waals surface area contributed by atoms with Crippen LogP contribution in [0.5, 0.6) is 0 Å². The highest BCUT2D eigenvalue weighted by molar-refractivity contribution is 5.22. The second kappa shape index (κ2) is 4.59. The van der Waals surface area contributed by atoms with E-state index in [2.05, 4.69) is 28.3 Å². The van der Waals surface area contributed by atoms with E-state index in [-0.39, 0.29) is 5.41 Å². The predicted octanol–water partition coefficient (Wildman–Crippen LogP) is 1.15. The Morgan fingerprint density at radius 1 is 1.50 bits per heavy atom. The lowest BCUT2D eigenvalue weighted by atomic mass is 10.0. The lowest BCUT2D eigenvalue weighted by Crippen LogP contribution is -2.26. The number of nitrogens with one attached hydrogen (secondary N) is 1. The number of rotatable bonds is 4. The summed E-state index contributed by atoms with van der Waals surface area (Å²) in [7, 11) is 4.20. The second-order valence-corrected chi connectivity index (χ2v) is 5.86. The largest absolute Gasteiger partial charge is 0.319 e. The Bertz CT molecular complexity index is 428. The van der Waals surface area contributed by atoms with E-state index in [0.717, 1.165) is 18.9 Å². The summed E-state index contributed by atoms with van der Waals surface area (Å²) in [5.74, 6) is 1.66. The molecule has 0 amide bonds. The molecule has 1 aromatic rings. The molecule has 0 aromatic carbocycles. The molecule has 3 rings (SSSR count). The van der Waals surface area contributed by atoms with E-state index in [1.807, 2.05) is 13.2 Å². The van der Waals surface area contributed by atoms with Crippen molar-refractivity contribution in [1.82, 2.24) is 20.2 Å². The topological polar surface area (TPSA) is 41.1 Å². The summed E-state index contributed by atoms with van der Waals surface area (Å²) in [6, 6.07) is 2.10. The Balaban J connectivity index is 1.81. The molecule has 1 saturated heterocycles. The summed E-state index contributed by atoms with van der Waals surface area (Å²) in [4.78, 5) is 11.8. The quantitative estimate of drug-likeness (QED) is 0.865. The van der Waals surface area contributed by atoms with Crippen LogP contribution in [-0.2, 0) is 5.41 Å². The van der Waals surface area contributed by atoms with Gasteiger partial charge in [-0.25, -0.2) is 9.97 Å². The van der Waals surface area contributed by atoms with Crippen LogP contribution in [0.2, 0.25) is 0 Å². The van der Waals surface area contributed by atoms with Crippen LogP contribution >= 0.6 is 0 Å². The molecule has 0 spiro atoms. The van der Waals surface area contributed by atoms with E-state index in [4.69, 9.17) is 4.98 Å². The fourth-order valence-corrected chi connectivity index (χ4v) is 3.00. The first kappa shape index (κ1) is 12.1. The third-order valence-corrected chi connectivity index (χ3v) is 4.33. The maximum absolute atomic E-state index is 4.86. The molecule has 1 saturated carbocycles. The highest BCUT2D eigenvalue weighted by atomic mass is 15.1. The molecule has 1 aliphatic heterocycles. The van der Waals surface area contributed by atoms with E-state index in [1.54, 1.807) is 0 Å². The Morgan fingerprint density at radius 2 is 2.33 bits per heavy atom. The average molecular weight is 246 g/mol. The van der Waals surface area contributed by atoms with Crippen molar-refractivity contribution in [3.8, 4) is 0 Å². The summed E-state index contributed by atoms with van der Waals surface area (Å²) < 4.78 is 0. The van der Waals surface area contributed by atoms with Gasteiger partial charge in [0.25, 0.3) is 0 Å². The van der Waals surface area contributed by atoms with Crippen molar-refractivity contribution in [3.63, 3.8) is 0 Å². The minimum absolute atomic E-state index is 0.231. The van der Waals surface area contributed by atoms with Crippen molar-refractivity contribution < 1.29 is 0 Å². The summed E-state index contributed by atoms with van der Waals surface area (Å²) >= 11 is 0. The van der Waals surface area contributed by atoms with Crippen LogP contribution in [0.3, 0.4) is 0 Å². The van der Waals surface area contributed by atoms with E-state index in [9.17, 15) is 0 Å². The van der Waals surface area contributed by atoms with Crippen molar-refractivity contribution in [3.05, 3.63) is 23.8 Å². The summed E-state index contributed by atoms with van der Waals surface area (Å²) in [5.41, 5.74) is 1.47. The maximum Gasteiger partial charge on any atom is 0.135 e. The van der Waals surface area contributed by atoms with Crippen LogP contribution < -0.4 is 5.32 Å². The van der Waals surface area contributed by atoms with Gasteiger partial charge in [-0.15, -0.1) is 0 Å². The van der Waals surface area contributed by atoms with Crippen molar-refractivity contribution in [2.75, 3.05) is 33.7 Å². The summed E-state index contributed by atoms with van der Waals surface area (Å²) in [6.45, 7) is 3.32. The third-order valence-electron chi connectivity index (χ3n) is 4.33. The highest BCUT2D eigenvalue weighted by Crippen LogP contribution is 2.46. The number of hydrogen-bond donors (Lipinski definition) is 1. The summed E-state index contributed by atoms with van der Waals surface area (Å²) in [5, 5.41) is 3.28. The molecule has 4 nitrogen and oxygen atoms in total. The zero-order valence-corrected chi connectivity index (χ0v) is 11.3. The van der Waals surface area contributed by atoms with Crippen molar-refractivity contribution in [1.29, 1.82) is 0 Å². The fraction of sp³-hybridized carbons (Fsp3) is 0.714. The van der Waals surface area contributed by atoms with Crippen LogP contribution in [0, 0.1) is 0 Å². The first-order valence-corrected chi connectivity index (χ1v) is 6.90. The lowest BCUT2D eigenvalue weighted by molar-refractivity contribution is 0.410. The fourth-order valence-electron chi connectivity index (χ4n) is 3.00. The molecule has 0 radical (unpaired) electrons. The Kier molecular flexibility index (Phi) is 3.08. The van der Waals surface area contributed by atoms with Gasteiger partial charge in [0.05, 0.1) is 0 Å². The normalized spacial score (nSPS) is 26.4. The SMILES string of the molecule is CNCC1(c2nccc(C3CCN(C)C3)n2)CC1. The minimum Gasteiger partial charge on any atom is -0.319 e. The van der Waals surface area contributed by atoms with Gasteiger partial charge in [-0.05, 0) is 46.0 Å². The molecule has 1 unspecified atom stereocenters. The van der Waals surface area contributed by atoms with E-state index in [0.29, 0.717) is 5.92 Å². The van der Waals surface area contributed by atoms with Gasteiger partial charge in [0, 0.05) is 36.3 Å². The molecular weight excluding hydrogens is 224 g/mol. The molecule has 18 heavy (non-hydrogen) atoms. The highest BCUT2D eigenvalue weighted by Gasteiger charge is 2.46. The smallest absolute Gasteiger partial charge is 0.135 e. The van der Waals surface area contributed by atoms with Gasteiger partial charge in [-0.2, -0.15) is 0 Å². The number of nitrogens with zero attached hydrogens (tertiary/aromatic N) is 3. The zero-order valence-electron chi connectivity index (χ0n) is 11.3. The van der Waals surface area contributed by atoms with E-state index in [1.165, 1.54) is 31.5 Å². The van der Waals surface area contributed by atoms with E-state index < -0.39 is 0 Å². The van der Waals surface area contributed by atoms with Crippen LogP contribution in [0.1, 0.15) is 36.7 Å². The standard InChI is InChI=1S/C14H22N4/c1-15-10-14(5-6-14)13-16-7-3-12(17-13)11-4-8-18(2)9-11/h3,7,11,15H,4-6,8-10H2,1-2H3. The number of likely N-dealkylation sites (tertiary alicyclic amines) is 1. The van der Waals surface area contributed by atoms with Crippen LogP contribution in [0.25, 0.3) is 0 Å². The van der Waals surface area contributed by atoms with Gasteiger partial charge in [0.1, 0.15) is 5.82 Å². The zero-order chi connectivity index (χ0) is 12.6. The first-order valence-electron chi connectivity index (χ1n) is 6.90. The lowest BCUT2D eigenvalue weighted by Gasteiger charge is -2.16. The molecule has 2 aliphatic rings. The van der Waals surface area contributed by atoms with Crippen LogP contribution in [0.4, 0.5) is 0 Å². The first-order chi connectivity index (χ1) is 8.73. The molecule has 1 aliphatic carbocycles. The molecule has 0 bridgehead atoms. The van der Waals surface area contributed by atoms with Gasteiger partial charge >= 0.3 is 0 Å². The van der Waals surface area contributed by atoms with Gasteiger partial charge in [0.2, 0.25) is 0 Å². The Morgan fingerprint density at radius 3 is 2.94 bits per heavy atom. The third kappa shape index (κ3) is 2.15. The molecule has 1 aromatic heterocycles. The average Bonchev–Trinajstić information content (AvgIpc) is 3.04.